The summed E-state index contributed by atoms with van der Waals surface area (Å²) in [6, 6.07) is 6.71. The van der Waals surface area contributed by atoms with Crippen molar-refractivity contribution in [2.45, 2.75) is 40.2 Å². The number of hydrogen-bond acceptors (Lipinski definition) is 3. The van der Waals surface area contributed by atoms with Crippen LogP contribution in [0.15, 0.2) is 18.2 Å². The number of aromatic nitrogens is 2. The van der Waals surface area contributed by atoms with E-state index in [-0.39, 0.29) is 6.04 Å². The summed E-state index contributed by atoms with van der Waals surface area (Å²) in [7, 11) is 4.08. The largest absolute Gasteiger partial charge is 0.329 e. The van der Waals surface area contributed by atoms with E-state index in [9.17, 15) is 0 Å². The zero-order valence-corrected chi connectivity index (χ0v) is 13.9. The monoisotopic (exact) mass is 286 g/mol. The van der Waals surface area contributed by atoms with Gasteiger partial charge in [0.2, 0.25) is 0 Å². The fraction of sp³-hybridized carbons (Fsp3) is 0.471. The lowest BCUT2D eigenvalue weighted by atomic mass is 10.1. The quantitative estimate of drug-likeness (QED) is 0.940. The summed E-state index contributed by atoms with van der Waals surface area (Å²) in [5, 5.41) is 4.57. The number of hydrogen-bond donors (Lipinski definition) is 1. The van der Waals surface area contributed by atoms with Gasteiger partial charge >= 0.3 is 0 Å². The molecule has 0 radical (unpaired) electrons. The average molecular weight is 286 g/mol. The van der Waals surface area contributed by atoms with Gasteiger partial charge in [-0.05, 0) is 57.4 Å². The van der Waals surface area contributed by atoms with Crippen LogP contribution in [0, 0.1) is 20.8 Å². The first kappa shape index (κ1) is 15.6. The van der Waals surface area contributed by atoms with Crippen LogP contribution in [0.4, 0.5) is 11.5 Å². The van der Waals surface area contributed by atoms with Gasteiger partial charge in [-0.2, -0.15) is 5.10 Å². The first-order valence-electron chi connectivity index (χ1n) is 7.39. The zero-order chi connectivity index (χ0) is 15.7. The summed E-state index contributed by atoms with van der Waals surface area (Å²) in [5.41, 5.74) is 12.0. The topological polar surface area (TPSA) is 47.1 Å². The maximum atomic E-state index is 6.00. The van der Waals surface area contributed by atoms with Crippen molar-refractivity contribution in [1.29, 1.82) is 0 Å². The van der Waals surface area contributed by atoms with Crippen LogP contribution in [0.3, 0.4) is 0 Å². The zero-order valence-electron chi connectivity index (χ0n) is 13.9. The first-order chi connectivity index (χ1) is 9.79. The van der Waals surface area contributed by atoms with Gasteiger partial charge in [-0.1, -0.05) is 6.07 Å². The van der Waals surface area contributed by atoms with Gasteiger partial charge in [0.25, 0.3) is 0 Å². The summed E-state index contributed by atoms with van der Waals surface area (Å²) in [5.74, 6) is 1.12. The lowest BCUT2D eigenvalue weighted by Gasteiger charge is -2.23. The Hall–Kier alpha value is -1.81. The number of aryl methyl sites for hydroxylation is 4. The number of rotatable bonds is 4. The van der Waals surface area contributed by atoms with Gasteiger partial charge in [0.15, 0.2) is 0 Å². The molecule has 0 saturated carbocycles. The van der Waals surface area contributed by atoms with Crippen molar-refractivity contribution in [3.8, 4) is 0 Å². The molecule has 0 aliphatic rings. The van der Waals surface area contributed by atoms with Crippen LogP contribution in [0.2, 0.25) is 0 Å². The number of anilines is 2. The van der Waals surface area contributed by atoms with Crippen molar-refractivity contribution in [3.05, 3.63) is 40.6 Å². The van der Waals surface area contributed by atoms with Crippen LogP contribution < -0.4 is 10.6 Å². The molecule has 0 amide bonds. The van der Waals surface area contributed by atoms with E-state index in [4.69, 9.17) is 5.73 Å². The van der Waals surface area contributed by atoms with Gasteiger partial charge in [-0.3, -0.25) is 4.68 Å². The van der Waals surface area contributed by atoms with Crippen molar-refractivity contribution < 1.29 is 0 Å². The molecule has 0 fully saturated rings. The summed E-state index contributed by atoms with van der Waals surface area (Å²) in [6.45, 7) is 8.34. The summed E-state index contributed by atoms with van der Waals surface area (Å²) < 4.78 is 1.95. The lowest BCUT2D eigenvalue weighted by molar-refractivity contribution is 0.731. The molecule has 2 aromatic rings. The fourth-order valence-electron chi connectivity index (χ4n) is 2.94. The lowest BCUT2D eigenvalue weighted by Crippen LogP contribution is -2.21. The molecule has 0 aliphatic carbocycles. The molecular weight excluding hydrogens is 260 g/mol. The molecule has 1 unspecified atom stereocenters. The number of benzene rings is 1. The van der Waals surface area contributed by atoms with E-state index in [0.29, 0.717) is 0 Å². The SMILES string of the molecule is Cc1cc(C)cc(N(C)c2c(CC(C)N)c(C)nn2C)c1. The van der Waals surface area contributed by atoms with Crippen LogP contribution in [0.25, 0.3) is 0 Å². The molecule has 0 bridgehead atoms. The standard InChI is InChI=1S/C17H26N4/c1-11-7-12(2)9-15(8-11)20(5)17-16(10-13(3)18)14(4)19-21(17)6/h7-9,13H,10,18H2,1-6H3. The molecule has 4 nitrogen and oxygen atoms in total. The second-order valence-corrected chi connectivity index (χ2v) is 6.10. The highest BCUT2D eigenvalue weighted by molar-refractivity contribution is 5.65. The smallest absolute Gasteiger partial charge is 0.134 e. The maximum Gasteiger partial charge on any atom is 0.134 e. The molecule has 0 saturated heterocycles. The van der Waals surface area contributed by atoms with E-state index in [1.165, 1.54) is 22.4 Å². The van der Waals surface area contributed by atoms with Gasteiger partial charge in [-0.15, -0.1) is 0 Å². The Kier molecular flexibility index (Phi) is 4.37. The predicted octanol–water partition coefficient (Wildman–Crippen LogP) is 3.00. The van der Waals surface area contributed by atoms with E-state index in [2.05, 4.69) is 56.0 Å². The second-order valence-electron chi connectivity index (χ2n) is 6.10. The van der Waals surface area contributed by atoms with Crippen molar-refractivity contribution in [3.63, 3.8) is 0 Å². The molecule has 0 aliphatic heterocycles. The molecule has 1 heterocycles. The summed E-state index contributed by atoms with van der Waals surface area (Å²) >= 11 is 0. The summed E-state index contributed by atoms with van der Waals surface area (Å²) in [4.78, 5) is 2.21. The highest BCUT2D eigenvalue weighted by Crippen LogP contribution is 2.30. The molecule has 0 spiro atoms. The summed E-state index contributed by atoms with van der Waals surface area (Å²) in [6.07, 6.45) is 0.837. The van der Waals surface area contributed by atoms with Crippen LogP contribution in [-0.2, 0) is 13.5 Å². The van der Waals surface area contributed by atoms with Crippen LogP contribution in [0.1, 0.15) is 29.3 Å². The molecule has 1 aromatic heterocycles. The van der Waals surface area contributed by atoms with Gasteiger partial charge in [0, 0.05) is 31.4 Å². The Bertz CT molecular complexity index is 620. The maximum absolute atomic E-state index is 6.00. The second kappa shape index (κ2) is 5.90. The van der Waals surface area contributed by atoms with Crippen molar-refractivity contribution in [2.75, 3.05) is 11.9 Å². The molecule has 2 N–H and O–H groups in total. The Balaban J connectivity index is 2.49. The normalized spacial score (nSPS) is 12.5. The molecule has 2 rings (SSSR count). The minimum absolute atomic E-state index is 0.124. The van der Waals surface area contributed by atoms with Crippen molar-refractivity contribution >= 4 is 11.5 Å². The van der Waals surface area contributed by atoms with Gasteiger partial charge in [-0.25, -0.2) is 0 Å². The Morgan fingerprint density at radius 1 is 1.19 bits per heavy atom. The van der Waals surface area contributed by atoms with E-state index >= 15 is 0 Å². The molecule has 114 valence electrons. The van der Waals surface area contributed by atoms with Crippen LogP contribution in [-0.4, -0.2) is 22.9 Å². The third-order valence-electron chi connectivity index (χ3n) is 3.75. The Morgan fingerprint density at radius 2 is 1.76 bits per heavy atom. The highest BCUT2D eigenvalue weighted by Gasteiger charge is 2.19. The number of nitrogens with zero attached hydrogens (tertiary/aromatic N) is 3. The van der Waals surface area contributed by atoms with Crippen LogP contribution >= 0.6 is 0 Å². The predicted molar refractivity (Wildman–Crippen MR) is 89.3 cm³/mol. The third-order valence-corrected chi connectivity index (χ3v) is 3.75. The van der Waals surface area contributed by atoms with Gasteiger partial charge in [0.05, 0.1) is 5.69 Å². The minimum Gasteiger partial charge on any atom is -0.329 e. The van der Waals surface area contributed by atoms with Crippen LogP contribution in [0.5, 0.6) is 0 Å². The third kappa shape index (κ3) is 3.27. The minimum atomic E-state index is 0.124. The first-order valence-corrected chi connectivity index (χ1v) is 7.39. The molecule has 1 atom stereocenters. The van der Waals surface area contributed by atoms with E-state index in [1.807, 2.05) is 18.7 Å². The van der Waals surface area contributed by atoms with Crippen molar-refractivity contribution in [2.24, 2.45) is 12.8 Å². The Morgan fingerprint density at radius 3 is 2.29 bits per heavy atom. The molecule has 21 heavy (non-hydrogen) atoms. The fourth-order valence-corrected chi connectivity index (χ4v) is 2.94. The van der Waals surface area contributed by atoms with Gasteiger partial charge < -0.3 is 10.6 Å². The highest BCUT2D eigenvalue weighted by atomic mass is 15.4. The Labute approximate surface area is 127 Å². The molecular formula is C17H26N4. The number of nitrogens with two attached hydrogens (primary N) is 1. The van der Waals surface area contributed by atoms with Gasteiger partial charge in [0.1, 0.15) is 5.82 Å². The average Bonchev–Trinajstić information content (AvgIpc) is 2.61. The molecule has 1 aromatic carbocycles. The molecule has 4 heteroatoms. The van der Waals surface area contributed by atoms with E-state index in [0.717, 1.165) is 17.9 Å². The van der Waals surface area contributed by atoms with E-state index < -0.39 is 0 Å². The van der Waals surface area contributed by atoms with Crippen molar-refractivity contribution in [1.82, 2.24) is 9.78 Å². The van der Waals surface area contributed by atoms with E-state index in [1.54, 1.807) is 0 Å².